The Balaban J connectivity index is 1.53. The number of hydrogen-bond acceptors (Lipinski definition) is 4. The van der Waals surface area contributed by atoms with Gasteiger partial charge in [-0.1, -0.05) is 48.5 Å². The number of nitrogens with zero attached hydrogens (tertiary/aromatic N) is 2. The van der Waals surface area contributed by atoms with Gasteiger partial charge in [-0.15, -0.1) is 0 Å². The molecule has 0 bridgehead atoms. The molecule has 1 saturated heterocycles. The molecule has 2 aliphatic rings. The summed E-state index contributed by atoms with van der Waals surface area (Å²) in [5.74, 6) is -0.0778. The summed E-state index contributed by atoms with van der Waals surface area (Å²) in [5, 5.41) is 11.6. The van der Waals surface area contributed by atoms with E-state index in [4.69, 9.17) is 4.74 Å². The first-order valence-corrected chi connectivity index (χ1v) is 9.66. The highest BCUT2D eigenvalue weighted by atomic mass is 16.5. The van der Waals surface area contributed by atoms with E-state index in [2.05, 4.69) is 4.90 Å². The van der Waals surface area contributed by atoms with Gasteiger partial charge in [0.05, 0.1) is 13.2 Å². The lowest BCUT2D eigenvalue weighted by Gasteiger charge is -2.35. The first kappa shape index (κ1) is 18.2. The van der Waals surface area contributed by atoms with Crippen LogP contribution in [-0.2, 0) is 16.9 Å². The Bertz CT molecular complexity index is 789. The van der Waals surface area contributed by atoms with Crippen molar-refractivity contribution in [3.05, 3.63) is 71.3 Å². The van der Waals surface area contributed by atoms with Crippen molar-refractivity contribution in [2.45, 2.75) is 18.6 Å². The molecule has 2 aliphatic heterocycles. The van der Waals surface area contributed by atoms with Gasteiger partial charge in [-0.2, -0.15) is 0 Å². The van der Waals surface area contributed by atoms with Crippen LogP contribution in [0.3, 0.4) is 0 Å². The fourth-order valence-corrected chi connectivity index (χ4v) is 4.11. The fraction of sp³-hybridized carbons (Fsp3) is 0.409. The van der Waals surface area contributed by atoms with E-state index in [9.17, 15) is 9.90 Å². The second-order valence-electron chi connectivity index (χ2n) is 7.29. The molecule has 5 nitrogen and oxygen atoms in total. The third-order valence-corrected chi connectivity index (χ3v) is 5.53. The van der Waals surface area contributed by atoms with E-state index < -0.39 is 5.72 Å². The second kappa shape index (κ2) is 7.80. The monoisotopic (exact) mass is 366 g/mol. The van der Waals surface area contributed by atoms with Gasteiger partial charge in [0, 0.05) is 43.7 Å². The summed E-state index contributed by atoms with van der Waals surface area (Å²) in [5.41, 5.74) is 1.05. The molecule has 5 heteroatoms. The van der Waals surface area contributed by atoms with E-state index in [0.29, 0.717) is 24.1 Å². The minimum absolute atomic E-state index is 0.0778. The van der Waals surface area contributed by atoms with Crippen molar-refractivity contribution in [3.8, 4) is 0 Å². The van der Waals surface area contributed by atoms with E-state index in [0.717, 1.165) is 44.8 Å². The Labute approximate surface area is 160 Å². The van der Waals surface area contributed by atoms with Crippen molar-refractivity contribution in [3.63, 3.8) is 0 Å². The Morgan fingerprint density at radius 3 is 2.44 bits per heavy atom. The van der Waals surface area contributed by atoms with E-state index in [-0.39, 0.29) is 5.91 Å². The largest absolute Gasteiger partial charge is 0.379 e. The molecule has 1 N–H and O–H groups in total. The number of rotatable bonds is 6. The maximum atomic E-state index is 13.0. The van der Waals surface area contributed by atoms with Crippen molar-refractivity contribution in [1.29, 1.82) is 0 Å². The van der Waals surface area contributed by atoms with Crippen LogP contribution < -0.4 is 0 Å². The summed E-state index contributed by atoms with van der Waals surface area (Å²) in [4.78, 5) is 17.0. The third kappa shape index (κ3) is 3.63. The van der Waals surface area contributed by atoms with E-state index in [1.54, 1.807) is 4.90 Å². The number of ether oxygens (including phenoxy) is 1. The number of hydrogen-bond donors (Lipinski definition) is 1. The highest BCUT2D eigenvalue weighted by Crippen LogP contribution is 2.39. The van der Waals surface area contributed by atoms with Gasteiger partial charge in [0.2, 0.25) is 0 Å². The van der Waals surface area contributed by atoms with Gasteiger partial charge < -0.3 is 14.7 Å². The summed E-state index contributed by atoms with van der Waals surface area (Å²) >= 11 is 0. The summed E-state index contributed by atoms with van der Waals surface area (Å²) in [6.07, 6.45) is 1.23. The van der Waals surface area contributed by atoms with Crippen LogP contribution in [0.2, 0.25) is 0 Å². The molecule has 27 heavy (non-hydrogen) atoms. The van der Waals surface area contributed by atoms with Gasteiger partial charge >= 0.3 is 0 Å². The molecule has 142 valence electrons. The predicted octanol–water partition coefficient (Wildman–Crippen LogP) is 2.25. The molecule has 0 radical (unpaired) electrons. The van der Waals surface area contributed by atoms with Gasteiger partial charge in [-0.05, 0) is 18.1 Å². The van der Waals surface area contributed by atoms with Crippen LogP contribution in [0.15, 0.2) is 54.6 Å². The number of carbonyl (C=O) groups excluding carboxylic acids is 1. The average molecular weight is 366 g/mol. The molecule has 1 fully saturated rings. The molecule has 2 heterocycles. The quantitative estimate of drug-likeness (QED) is 0.852. The highest BCUT2D eigenvalue weighted by Gasteiger charge is 2.47. The summed E-state index contributed by atoms with van der Waals surface area (Å²) in [7, 11) is 0. The van der Waals surface area contributed by atoms with Crippen molar-refractivity contribution < 1.29 is 14.6 Å². The van der Waals surface area contributed by atoms with Gasteiger partial charge in [-0.25, -0.2) is 0 Å². The van der Waals surface area contributed by atoms with E-state index in [1.165, 1.54) is 0 Å². The molecule has 0 aromatic heterocycles. The standard InChI is InChI=1S/C22H26N2O3/c25-21-19-9-4-5-10-20(19)22(26,17-18-7-2-1-3-8-18)24(21)12-6-11-23-13-15-27-16-14-23/h1-5,7-10,26H,6,11-17H2/t22-/m1/s1. The Morgan fingerprint density at radius 1 is 0.963 bits per heavy atom. The average Bonchev–Trinajstić information content (AvgIpc) is 2.92. The number of amides is 1. The fourth-order valence-electron chi connectivity index (χ4n) is 4.11. The summed E-state index contributed by atoms with van der Waals surface area (Å²) < 4.78 is 5.39. The number of carbonyl (C=O) groups is 1. The number of aliphatic hydroxyl groups is 1. The molecule has 0 spiro atoms. The minimum Gasteiger partial charge on any atom is -0.379 e. The van der Waals surface area contributed by atoms with Crippen molar-refractivity contribution >= 4 is 5.91 Å². The minimum atomic E-state index is -1.29. The van der Waals surface area contributed by atoms with Gasteiger partial charge in [-0.3, -0.25) is 9.69 Å². The molecule has 1 amide bonds. The van der Waals surface area contributed by atoms with Gasteiger partial charge in [0.15, 0.2) is 5.72 Å². The first-order chi connectivity index (χ1) is 13.2. The molecule has 0 unspecified atom stereocenters. The molecule has 1 atom stereocenters. The zero-order valence-corrected chi connectivity index (χ0v) is 15.5. The Hall–Kier alpha value is -2.21. The predicted molar refractivity (Wildman–Crippen MR) is 103 cm³/mol. The SMILES string of the molecule is O=C1c2ccccc2[C@](O)(Cc2ccccc2)N1CCCN1CCOCC1. The van der Waals surface area contributed by atoms with Crippen LogP contribution in [0.5, 0.6) is 0 Å². The molecule has 0 saturated carbocycles. The van der Waals surface area contributed by atoms with E-state index in [1.807, 2.05) is 54.6 Å². The third-order valence-electron chi connectivity index (χ3n) is 5.53. The zero-order chi connectivity index (χ0) is 18.7. The van der Waals surface area contributed by atoms with Crippen LogP contribution in [-0.4, -0.2) is 60.2 Å². The highest BCUT2D eigenvalue weighted by molar-refractivity contribution is 5.99. The summed E-state index contributed by atoms with van der Waals surface area (Å²) in [6, 6.07) is 17.3. The number of morpholine rings is 1. The molecule has 0 aliphatic carbocycles. The lowest BCUT2D eigenvalue weighted by Crippen LogP contribution is -2.47. The Kier molecular flexibility index (Phi) is 5.25. The summed E-state index contributed by atoms with van der Waals surface area (Å²) in [6.45, 7) is 4.85. The van der Waals surface area contributed by atoms with Crippen LogP contribution >= 0.6 is 0 Å². The van der Waals surface area contributed by atoms with E-state index >= 15 is 0 Å². The van der Waals surface area contributed by atoms with Crippen molar-refractivity contribution in [2.24, 2.45) is 0 Å². The lowest BCUT2D eigenvalue weighted by atomic mass is 9.94. The first-order valence-electron chi connectivity index (χ1n) is 9.66. The number of benzene rings is 2. The van der Waals surface area contributed by atoms with Crippen LogP contribution in [0, 0.1) is 0 Å². The molecule has 2 aromatic carbocycles. The molecular weight excluding hydrogens is 340 g/mol. The maximum absolute atomic E-state index is 13.0. The van der Waals surface area contributed by atoms with Crippen LogP contribution in [0.1, 0.15) is 27.9 Å². The van der Waals surface area contributed by atoms with Gasteiger partial charge in [0.1, 0.15) is 0 Å². The number of fused-ring (bicyclic) bond motifs is 1. The second-order valence-corrected chi connectivity index (χ2v) is 7.29. The maximum Gasteiger partial charge on any atom is 0.256 e. The zero-order valence-electron chi connectivity index (χ0n) is 15.5. The van der Waals surface area contributed by atoms with Crippen LogP contribution in [0.4, 0.5) is 0 Å². The van der Waals surface area contributed by atoms with Gasteiger partial charge in [0.25, 0.3) is 5.91 Å². The Morgan fingerprint density at radius 2 is 1.67 bits per heavy atom. The van der Waals surface area contributed by atoms with Crippen LogP contribution in [0.25, 0.3) is 0 Å². The topological polar surface area (TPSA) is 53.0 Å². The molecule has 2 aromatic rings. The van der Waals surface area contributed by atoms with Crippen molar-refractivity contribution in [2.75, 3.05) is 39.4 Å². The lowest BCUT2D eigenvalue weighted by molar-refractivity contribution is -0.0849. The van der Waals surface area contributed by atoms with Crippen molar-refractivity contribution in [1.82, 2.24) is 9.80 Å². The normalized spacial score (nSPS) is 22.9. The smallest absolute Gasteiger partial charge is 0.256 e. The molecular formula is C22H26N2O3. The molecule has 4 rings (SSSR count).